The average molecular weight is 459 g/mol. The number of nitrogens with one attached hydrogen (secondary N) is 1. The summed E-state index contributed by atoms with van der Waals surface area (Å²) in [6.07, 6.45) is 0. The van der Waals surface area contributed by atoms with Crippen molar-refractivity contribution in [2.45, 2.75) is 11.8 Å². The Balaban J connectivity index is 1.61. The summed E-state index contributed by atoms with van der Waals surface area (Å²) in [5.74, 6) is -0.810. The first-order chi connectivity index (χ1) is 15.2. The van der Waals surface area contributed by atoms with Gasteiger partial charge in [-0.3, -0.25) is 14.4 Å². The summed E-state index contributed by atoms with van der Waals surface area (Å²) >= 11 is 0. The lowest BCUT2D eigenvalue weighted by atomic mass is 10.2. The third kappa shape index (κ3) is 5.51. The van der Waals surface area contributed by atoms with Crippen molar-refractivity contribution >= 4 is 33.4 Å². The van der Waals surface area contributed by atoms with E-state index in [2.05, 4.69) is 5.32 Å². The van der Waals surface area contributed by atoms with E-state index in [0.29, 0.717) is 18.8 Å². The van der Waals surface area contributed by atoms with Crippen LogP contribution in [-0.2, 0) is 19.6 Å². The molecule has 170 valence electrons. The lowest BCUT2D eigenvalue weighted by Crippen LogP contribution is -2.49. The number of hydrogen-bond acceptors (Lipinski definition) is 5. The molecular weight excluding hydrogens is 432 g/mol. The summed E-state index contributed by atoms with van der Waals surface area (Å²) in [5.41, 5.74) is 0.914. The van der Waals surface area contributed by atoms with Crippen molar-refractivity contribution < 1.29 is 22.8 Å². The number of para-hydroxylation sites is 1. The highest BCUT2D eigenvalue weighted by Crippen LogP contribution is 2.19. The topological polar surface area (TPSA) is 107 Å². The highest BCUT2D eigenvalue weighted by molar-refractivity contribution is 7.89. The normalized spacial score (nSPS) is 14.6. The molecule has 1 N–H and O–H groups in total. The van der Waals surface area contributed by atoms with Crippen LogP contribution >= 0.6 is 0 Å². The van der Waals surface area contributed by atoms with Gasteiger partial charge in [0.25, 0.3) is 5.91 Å². The summed E-state index contributed by atoms with van der Waals surface area (Å²) in [6, 6.07) is 14.6. The van der Waals surface area contributed by atoms with Gasteiger partial charge in [0, 0.05) is 51.4 Å². The number of nitrogens with zero attached hydrogens (tertiary/aromatic N) is 3. The number of hydrogen-bond donors (Lipinski definition) is 1. The fraction of sp³-hybridized carbons (Fsp3) is 0.318. The summed E-state index contributed by atoms with van der Waals surface area (Å²) in [6.45, 7) is 2.46. The summed E-state index contributed by atoms with van der Waals surface area (Å²) in [7, 11) is -2.22. The number of carbonyl (C=O) groups excluding carboxylic acids is 3. The van der Waals surface area contributed by atoms with Crippen molar-refractivity contribution in [2.24, 2.45) is 0 Å². The van der Waals surface area contributed by atoms with Crippen molar-refractivity contribution in [3.05, 3.63) is 60.2 Å². The van der Waals surface area contributed by atoms with Crippen LogP contribution in [0.5, 0.6) is 0 Å². The predicted molar refractivity (Wildman–Crippen MR) is 119 cm³/mol. The number of sulfonamides is 1. The minimum absolute atomic E-state index is 0.0773. The Labute approximate surface area is 187 Å². The Kier molecular flexibility index (Phi) is 7.26. The second-order valence-corrected chi connectivity index (χ2v) is 9.45. The predicted octanol–water partition coefficient (Wildman–Crippen LogP) is 1.25. The molecule has 1 heterocycles. The van der Waals surface area contributed by atoms with Crippen LogP contribution in [0.4, 0.5) is 5.69 Å². The first kappa shape index (κ1) is 23.4. The molecule has 10 heteroatoms. The maximum atomic E-state index is 12.9. The number of anilines is 1. The molecule has 0 unspecified atom stereocenters. The molecule has 0 radical (unpaired) electrons. The molecular formula is C22H26N4O5S. The highest BCUT2D eigenvalue weighted by Gasteiger charge is 2.29. The SMILES string of the molecule is CC(=O)N1CCN(S(=O)(=O)c2ccc(C(=O)N(C)CC(=O)Nc3ccccc3)cc2)CC1. The molecule has 3 rings (SSSR count). The summed E-state index contributed by atoms with van der Waals surface area (Å²) < 4.78 is 27.1. The van der Waals surface area contributed by atoms with Gasteiger partial charge >= 0.3 is 0 Å². The average Bonchev–Trinajstić information content (AvgIpc) is 2.79. The number of amides is 3. The first-order valence-corrected chi connectivity index (χ1v) is 11.6. The minimum atomic E-state index is -3.72. The van der Waals surface area contributed by atoms with E-state index >= 15 is 0 Å². The number of piperazine rings is 1. The van der Waals surface area contributed by atoms with E-state index in [1.165, 1.54) is 47.4 Å². The van der Waals surface area contributed by atoms with Gasteiger partial charge in [-0.1, -0.05) is 18.2 Å². The quantitative estimate of drug-likeness (QED) is 0.701. The molecule has 1 aliphatic heterocycles. The lowest BCUT2D eigenvalue weighted by molar-refractivity contribution is -0.130. The molecule has 1 fully saturated rings. The highest BCUT2D eigenvalue weighted by atomic mass is 32.2. The third-order valence-electron chi connectivity index (χ3n) is 5.21. The molecule has 0 atom stereocenters. The number of rotatable bonds is 6. The van der Waals surface area contributed by atoms with Gasteiger partial charge in [0.05, 0.1) is 11.4 Å². The second kappa shape index (κ2) is 9.92. The molecule has 0 aromatic heterocycles. The zero-order chi connectivity index (χ0) is 23.3. The fourth-order valence-electron chi connectivity index (χ4n) is 3.39. The Morgan fingerprint density at radius 2 is 1.53 bits per heavy atom. The minimum Gasteiger partial charge on any atom is -0.340 e. The Morgan fingerprint density at radius 3 is 2.09 bits per heavy atom. The molecule has 0 bridgehead atoms. The maximum absolute atomic E-state index is 12.9. The Hall–Kier alpha value is -3.24. The van der Waals surface area contributed by atoms with E-state index < -0.39 is 15.9 Å². The van der Waals surface area contributed by atoms with Crippen LogP contribution in [0.25, 0.3) is 0 Å². The van der Waals surface area contributed by atoms with Gasteiger partial charge in [0.1, 0.15) is 0 Å². The van der Waals surface area contributed by atoms with Crippen molar-refractivity contribution in [3.8, 4) is 0 Å². The van der Waals surface area contributed by atoms with E-state index in [1.807, 2.05) is 6.07 Å². The maximum Gasteiger partial charge on any atom is 0.254 e. The van der Waals surface area contributed by atoms with Crippen molar-refractivity contribution in [3.63, 3.8) is 0 Å². The third-order valence-corrected chi connectivity index (χ3v) is 7.12. The molecule has 0 aliphatic carbocycles. The molecule has 2 aromatic rings. The van der Waals surface area contributed by atoms with Crippen LogP contribution in [-0.4, -0.2) is 80.0 Å². The zero-order valence-corrected chi connectivity index (χ0v) is 18.8. The van der Waals surface area contributed by atoms with Gasteiger partial charge < -0.3 is 15.1 Å². The van der Waals surface area contributed by atoms with Gasteiger partial charge in [0.2, 0.25) is 21.8 Å². The standard InChI is InChI=1S/C22H26N4O5S/c1-17(27)25-12-14-26(15-13-25)32(30,31)20-10-8-18(9-11-20)22(29)24(2)16-21(28)23-19-6-4-3-5-7-19/h3-11H,12-16H2,1-2H3,(H,23,28). The van der Waals surface area contributed by atoms with Gasteiger partial charge in [0.15, 0.2) is 0 Å². The van der Waals surface area contributed by atoms with E-state index in [9.17, 15) is 22.8 Å². The van der Waals surface area contributed by atoms with E-state index in [-0.39, 0.29) is 41.9 Å². The van der Waals surface area contributed by atoms with Crippen molar-refractivity contribution in [2.75, 3.05) is 45.1 Å². The smallest absolute Gasteiger partial charge is 0.254 e. The molecule has 0 saturated carbocycles. The Bertz CT molecular complexity index is 1080. The van der Waals surface area contributed by atoms with Crippen molar-refractivity contribution in [1.29, 1.82) is 0 Å². The van der Waals surface area contributed by atoms with E-state index in [0.717, 1.165) is 0 Å². The number of likely N-dealkylation sites (N-methyl/N-ethyl adjacent to an activating group) is 1. The molecule has 1 aliphatic rings. The molecule has 3 amide bonds. The van der Waals surface area contributed by atoms with Crippen LogP contribution in [0.1, 0.15) is 17.3 Å². The van der Waals surface area contributed by atoms with Gasteiger partial charge in [-0.25, -0.2) is 8.42 Å². The second-order valence-electron chi connectivity index (χ2n) is 7.51. The molecule has 2 aromatic carbocycles. The largest absolute Gasteiger partial charge is 0.340 e. The van der Waals surface area contributed by atoms with Gasteiger partial charge in [-0.05, 0) is 36.4 Å². The number of benzene rings is 2. The monoisotopic (exact) mass is 458 g/mol. The van der Waals surface area contributed by atoms with Crippen LogP contribution in [0, 0.1) is 0 Å². The molecule has 32 heavy (non-hydrogen) atoms. The summed E-state index contributed by atoms with van der Waals surface area (Å²) in [5, 5.41) is 2.71. The fourth-order valence-corrected chi connectivity index (χ4v) is 4.81. The van der Waals surface area contributed by atoms with Crippen LogP contribution < -0.4 is 5.32 Å². The number of carbonyl (C=O) groups is 3. The van der Waals surface area contributed by atoms with E-state index in [4.69, 9.17) is 0 Å². The molecule has 1 saturated heterocycles. The van der Waals surface area contributed by atoms with Gasteiger partial charge in [-0.2, -0.15) is 4.31 Å². The first-order valence-electron chi connectivity index (χ1n) is 10.1. The summed E-state index contributed by atoms with van der Waals surface area (Å²) in [4.78, 5) is 39.2. The van der Waals surface area contributed by atoms with Crippen molar-refractivity contribution in [1.82, 2.24) is 14.1 Å². The van der Waals surface area contributed by atoms with E-state index in [1.54, 1.807) is 29.2 Å². The molecule has 0 spiro atoms. The van der Waals surface area contributed by atoms with Crippen LogP contribution in [0.15, 0.2) is 59.5 Å². The van der Waals surface area contributed by atoms with Crippen LogP contribution in [0.3, 0.4) is 0 Å². The molecule has 9 nitrogen and oxygen atoms in total. The zero-order valence-electron chi connectivity index (χ0n) is 18.0. The van der Waals surface area contributed by atoms with Crippen LogP contribution in [0.2, 0.25) is 0 Å². The Morgan fingerprint density at radius 1 is 0.938 bits per heavy atom. The van der Waals surface area contributed by atoms with Gasteiger partial charge in [-0.15, -0.1) is 0 Å². The lowest BCUT2D eigenvalue weighted by Gasteiger charge is -2.33.